The zero-order valence-electron chi connectivity index (χ0n) is 15.9. The Morgan fingerprint density at radius 2 is 1.79 bits per heavy atom. The summed E-state index contributed by atoms with van der Waals surface area (Å²) in [4.78, 5) is 19.0. The Morgan fingerprint density at radius 1 is 1.11 bits per heavy atom. The van der Waals surface area contributed by atoms with E-state index in [1.165, 1.54) is 29.5 Å². The molecule has 146 valence electrons. The highest BCUT2D eigenvalue weighted by Crippen LogP contribution is 2.28. The largest absolute Gasteiger partial charge is 0.329 e. The number of benzene rings is 2. The van der Waals surface area contributed by atoms with E-state index in [9.17, 15) is 13.6 Å². The first-order valence-electron chi connectivity index (χ1n) is 8.77. The van der Waals surface area contributed by atoms with Gasteiger partial charge in [-0.05, 0) is 36.4 Å². The highest BCUT2D eigenvalue weighted by molar-refractivity contribution is 7.13. The Bertz CT molecular complexity index is 964. The average Bonchev–Trinajstić information content (AvgIpc) is 3.08. The zero-order chi connectivity index (χ0) is 20.3. The van der Waals surface area contributed by atoms with Crippen LogP contribution in [0.1, 0.15) is 26.5 Å². The summed E-state index contributed by atoms with van der Waals surface area (Å²) in [6, 6.07) is 12.1. The SMILES string of the molecule is CC(C)(C)C(=O)N(Cc1csc(Nc2ccccc2F)n1)c1ccc(F)cc1. The number of hydrogen-bond donors (Lipinski definition) is 1. The van der Waals surface area contributed by atoms with Gasteiger partial charge >= 0.3 is 0 Å². The van der Waals surface area contributed by atoms with Crippen molar-refractivity contribution < 1.29 is 13.6 Å². The van der Waals surface area contributed by atoms with Gasteiger partial charge in [0.1, 0.15) is 11.6 Å². The lowest BCUT2D eigenvalue weighted by molar-refractivity contribution is -0.125. The maximum atomic E-state index is 13.8. The van der Waals surface area contributed by atoms with Crippen LogP contribution in [-0.4, -0.2) is 10.9 Å². The van der Waals surface area contributed by atoms with Gasteiger partial charge in [-0.25, -0.2) is 13.8 Å². The van der Waals surface area contributed by atoms with Gasteiger partial charge in [-0.3, -0.25) is 4.79 Å². The third kappa shape index (κ3) is 4.72. The lowest BCUT2D eigenvalue weighted by atomic mass is 9.94. The maximum absolute atomic E-state index is 13.8. The molecule has 0 bridgehead atoms. The average molecular weight is 401 g/mol. The fourth-order valence-electron chi connectivity index (χ4n) is 2.58. The van der Waals surface area contributed by atoms with Gasteiger partial charge in [-0.1, -0.05) is 32.9 Å². The molecule has 0 saturated heterocycles. The van der Waals surface area contributed by atoms with E-state index in [1.54, 1.807) is 35.2 Å². The van der Waals surface area contributed by atoms with E-state index < -0.39 is 5.41 Å². The number of carbonyl (C=O) groups is 1. The number of carbonyl (C=O) groups excluding carboxylic acids is 1. The highest BCUT2D eigenvalue weighted by atomic mass is 32.1. The summed E-state index contributed by atoms with van der Waals surface area (Å²) in [7, 11) is 0. The summed E-state index contributed by atoms with van der Waals surface area (Å²) < 4.78 is 27.1. The fraction of sp³-hybridized carbons (Fsp3) is 0.238. The molecule has 0 radical (unpaired) electrons. The van der Waals surface area contributed by atoms with Gasteiger partial charge in [0.25, 0.3) is 0 Å². The fourth-order valence-corrected chi connectivity index (χ4v) is 3.30. The molecule has 28 heavy (non-hydrogen) atoms. The number of aromatic nitrogens is 1. The number of hydrogen-bond acceptors (Lipinski definition) is 4. The Labute approximate surface area is 166 Å². The molecule has 0 unspecified atom stereocenters. The highest BCUT2D eigenvalue weighted by Gasteiger charge is 2.29. The Kier molecular flexibility index (Phi) is 5.74. The molecule has 0 aliphatic heterocycles. The van der Waals surface area contributed by atoms with Crippen molar-refractivity contribution in [3.63, 3.8) is 0 Å². The molecule has 0 spiro atoms. The Morgan fingerprint density at radius 3 is 2.43 bits per heavy atom. The summed E-state index contributed by atoms with van der Waals surface area (Å²) in [6.07, 6.45) is 0. The molecule has 4 nitrogen and oxygen atoms in total. The van der Waals surface area contributed by atoms with Crippen molar-refractivity contribution in [1.82, 2.24) is 4.98 Å². The lowest BCUT2D eigenvalue weighted by Crippen LogP contribution is -2.39. The second kappa shape index (κ2) is 8.06. The number of amides is 1. The molecule has 3 rings (SSSR count). The van der Waals surface area contributed by atoms with Crippen LogP contribution in [0, 0.1) is 17.0 Å². The molecule has 0 atom stereocenters. The maximum Gasteiger partial charge on any atom is 0.232 e. The summed E-state index contributed by atoms with van der Waals surface area (Å²) in [6.45, 7) is 5.73. The summed E-state index contributed by atoms with van der Waals surface area (Å²) in [5, 5.41) is 5.30. The van der Waals surface area contributed by atoms with Crippen molar-refractivity contribution in [2.24, 2.45) is 5.41 Å². The number of anilines is 3. The first-order chi connectivity index (χ1) is 13.2. The minimum absolute atomic E-state index is 0.101. The van der Waals surface area contributed by atoms with Crippen molar-refractivity contribution in [3.8, 4) is 0 Å². The van der Waals surface area contributed by atoms with Crippen molar-refractivity contribution in [3.05, 3.63) is 71.2 Å². The molecule has 0 aliphatic carbocycles. The molecule has 7 heteroatoms. The van der Waals surface area contributed by atoms with E-state index in [4.69, 9.17) is 0 Å². The van der Waals surface area contributed by atoms with E-state index in [1.807, 2.05) is 26.2 Å². The monoisotopic (exact) mass is 401 g/mol. The van der Waals surface area contributed by atoms with Gasteiger partial charge in [0.2, 0.25) is 5.91 Å². The predicted molar refractivity (Wildman–Crippen MR) is 109 cm³/mol. The molecular formula is C21H21F2N3OS. The third-order valence-corrected chi connectivity index (χ3v) is 4.82. The van der Waals surface area contributed by atoms with Crippen LogP contribution in [0.15, 0.2) is 53.9 Å². The smallest absolute Gasteiger partial charge is 0.232 e. The first kappa shape index (κ1) is 19.9. The predicted octanol–water partition coefficient (Wildman–Crippen LogP) is 5.74. The molecule has 3 aromatic rings. The van der Waals surface area contributed by atoms with Crippen LogP contribution in [0.5, 0.6) is 0 Å². The van der Waals surface area contributed by atoms with Gasteiger partial charge < -0.3 is 10.2 Å². The van der Waals surface area contributed by atoms with Crippen LogP contribution in [0.25, 0.3) is 0 Å². The molecule has 0 saturated carbocycles. The molecule has 1 N–H and O–H groups in total. The number of thiazole rings is 1. The van der Waals surface area contributed by atoms with E-state index in [-0.39, 0.29) is 24.1 Å². The normalized spacial score (nSPS) is 11.3. The minimum Gasteiger partial charge on any atom is -0.329 e. The minimum atomic E-state index is -0.612. The molecule has 2 aromatic carbocycles. The summed E-state index contributed by atoms with van der Waals surface area (Å²) >= 11 is 1.33. The van der Waals surface area contributed by atoms with E-state index in [0.29, 0.717) is 22.2 Å². The van der Waals surface area contributed by atoms with Crippen molar-refractivity contribution in [2.45, 2.75) is 27.3 Å². The zero-order valence-corrected chi connectivity index (χ0v) is 16.7. The van der Waals surface area contributed by atoms with Gasteiger partial charge in [-0.15, -0.1) is 11.3 Å². The Balaban J connectivity index is 1.83. The van der Waals surface area contributed by atoms with Gasteiger partial charge in [0.05, 0.1) is 17.9 Å². The van der Waals surface area contributed by atoms with E-state index in [0.717, 1.165) is 0 Å². The number of para-hydroxylation sites is 1. The van der Waals surface area contributed by atoms with Crippen molar-refractivity contribution in [2.75, 3.05) is 10.2 Å². The Hall–Kier alpha value is -2.80. The quantitative estimate of drug-likeness (QED) is 0.593. The second-order valence-electron chi connectivity index (χ2n) is 7.37. The van der Waals surface area contributed by atoms with Gasteiger partial charge in [0, 0.05) is 16.5 Å². The van der Waals surface area contributed by atoms with E-state index in [2.05, 4.69) is 10.3 Å². The molecular weight excluding hydrogens is 380 g/mol. The standard InChI is InChI=1S/C21H21F2N3OS/c1-21(2,3)19(27)26(16-10-8-14(22)9-11-16)12-15-13-28-20(24-15)25-18-7-5-4-6-17(18)23/h4-11,13H,12H2,1-3H3,(H,24,25). The van der Waals surface area contributed by atoms with Crippen LogP contribution in [0.3, 0.4) is 0 Å². The van der Waals surface area contributed by atoms with Crippen LogP contribution < -0.4 is 10.2 Å². The van der Waals surface area contributed by atoms with Gasteiger partial charge in [-0.2, -0.15) is 0 Å². The van der Waals surface area contributed by atoms with Crippen LogP contribution >= 0.6 is 11.3 Å². The number of nitrogens with zero attached hydrogens (tertiary/aromatic N) is 2. The topological polar surface area (TPSA) is 45.2 Å². The number of nitrogens with one attached hydrogen (secondary N) is 1. The van der Waals surface area contributed by atoms with E-state index >= 15 is 0 Å². The molecule has 1 amide bonds. The van der Waals surface area contributed by atoms with Crippen LogP contribution in [0.2, 0.25) is 0 Å². The third-order valence-electron chi connectivity index (χ3n) is 4.01. The van der Waals surface area contributed by atoms with Crippen molar-refractivity contribution >= 4 is 33.8 Å². The lowest BCUT2D eigenvalue weighted by Gasteiger charge is -2.29. The van der Waals surface area contributed by atoms with Crippen LogP contribution in [0.4, 0.5) is 25.3 Å². The molecule has 0 aliphatic rings. The first-order valence-corrected chi connectivity index (χ1v) is 9.65. The van der Waals surface area contributed by atoms with Crippen molar-refractivity contribution in [1.29, 1.82) is 0 Å². The summed E-state index contributed by atoms with van der Waals surface area (Å²) in [5.41, 5.74) is 0.979. The molecule has 1 heterocycles. The molecule has 1 aromatic heterocycles. The summed E-state index contributed by atoms with van der Waals surface area (Å²) in [5.74, 6) is -0.831. The second-order valence-corrected chi connectivity index (χ2v) is 8.22. The van der Waals surface area contributed by atoms with Gasteiger partial charge in [0.15, 0.2) is 5.13 Å². The number of rotatable bonds is 5. The number of halogens is 2. The molecule has 0 fully saturated rings. The van der Waals surface area contributed by atoms with Crippen LogP contribution in [-0.2, 0) is 11.3 Å².